The third kappa shape index (κ3) is 2.60. The topological polar surface area (TPSA) is 29.5 Å². The highest BCUT2D eigenvalue weighted by atomic mass is 16.5. The molecular weight excluding hydrogens is 142 g/mol. The Hall–Kier alpha value is -0.410. The predicted octanol–water partition coefficient (Wildman–Crippen LogP) is 0.296. The third-order valence-electron chi connectivity index (χ3n) is 1.90. The first-order valence-electron chi connectivity index (χ1n) is 4.03. The van der Waals surface area contributed by atoms with Crippen LogP contribution in [0.5, 0.6) is 0 Å². The lowest BCUT2D eigenvalue weighted by molar-refractivity contribution is -0.122. The molecule has 0 aromatic rings. The molecule has 0 radical (unpaired) electrons. The molecule has 0 aliphatic carbocycles. The van der Waals surface area contributed by atoms with Crippen LogP contribution in [-0.2, 0) is 9.53 Å². The summed E-state index contributed by atoms with van der Waals surface area (Å²) in [5.41, 5.74) is 0. The minimum Gasteiger partial charge on any atom is -0.372 e. The van der Waals surface area contributed by atoms with Crippen LogP contribution in [0.2, 0.25) is 0 Å². The highest BCUT2D eigenvalue weighted by Crippen LogP contribution is 2.01. The van der Waals surface area contributed by atoms with E-state index >= 15 is 0 Å². The van der Waals surface area contributed by atoms with E-state index < -0.39 is 0 Å². The third-order valence-corrected chi connectivity index (χ3v) is 1.90. The maximum absolute atomic E-state index is 11.0. The van der Waals surface area contributed by atoms with Gasteiger partial charge < -0.3 is 4.74 Å². The molecule has 1 aliphatic rings. The van der Waals surface area contributed by atoms with Gasteiger partial charge in [-0.1, -0.05) is 0 Å². The van der Waals surface area contributed by atoms with Crippen molar-refractivity contribution in [3.8, 4) is 0 Å². The van der Waals surface area contributed by atoms with Crippen molar-refractivity contribution in [2.75, 3.05) is 26.3 Å². The Kier molecular flexibility index (Phi) is 3.02. The van der Waals surface area contributed by atoms with Crippen LogP contribution in [0.3, 0.4) is 0 Å². The van der Waals surface area contributed by atoms with Gasteiger partial charge in [0, 0.05) is 12.6 Å². The fraction of sp³-hybridized carbons (Fsp3) is 0.875. The number of hydrogen-bond donors (Lipinski definition) is 0. The lowest BCUT2D eigenvalue weighted by atomic mass is 10.3. The van der Waals surface area contributed by atoms with Crippen LogP contribution in [-0.4, -0.2) is 43.0 Å². The summed E-state index contributed by atoms with van der Waals surface area (Å²) in [6, 6.07) is 0.445. The van der Waals surface area contributed by atoms with E-state index in [2.05, 4.69) is 18.7 Å². The second kappa shape index (κ2) is 3.83. The van der Waals surface area contributed by atoms with Crippen LogP contribution in [0.15, 0.2) is 0 Å². The summed E-state index contributed by atoms with van der Waals surface area (Å²) in [5, 5.41) is 0. The molecule has 64 valence electrons. The Morgan fingerprint density at radius 2 is 2.27 bits per heavy atom. The summed E-state index contributed by atoms with van der Waals surface area (Å²) < 4.78 is 5.10. The van der Waals surface area contributed by atoms with Gasteiger partial charge in [0.15, 0.2) is 5.78 Å². The fourth-order valence-corrected chi connectivity index (χ4v) is 1.16. The van der Waals surface area contributed by atoms with Gasteiger partial charge in [0.05, 0.1) is 13.2 Å². The quantitative estimate of drug-likeness (QED) is 0.548. The Morgan fingerprint density at radius 3 is 2.91 bits per heavy atom. The van der Waals surface area contributed by atoms with Gasteiger partial charge in [-0.25, -0.2) is 0 Å². The van der Waals surface area contributed by atoms with E-state index in [1.165, 1.54) is 0 Å². The smallest absolute Gasteiger partial charge is 0.172 e. The zero-order chi connectivity index (χ0) is 8.27. The summed E-state index contributed by atoms with van der Waals surface area (Å²) in [6.45, 7) is 6.60. The van der Waals surface area contributed by atoms with Crippen LogP contribution in [0.25, 0.3) is 0 Å². The highest BCUT2D eigenvalue weighted by molar-refractivity contribution is 5.81. The standard InChI is InChI=1S/C8H15NO2/c1-7(2)9-3-4-11-6-8(10)5-9/h7H,3-6H2,1-2H3. The van der Waals surface area contributed by atoms with Crippen LogP contribution in [0.1, 0.15) is 13.8 Å². The molecule has 3 nitrogen and oxygen atoms in total. The molecule has 1 rings (SSSR count). The van der Waals surface area contributed by atoms with E-state index in [1.807, 2.05) is 0 Å². The highest BCUT2D eigenvalue weighted by Gasteiger charge is 2.16. The average Bonchev–Trinajstić information content (AvgIpc) is 2.13. The molecule has 0 aromatic heterocycles. The normalized spacial score (nSPS) is 22.3. The van der Waals surface area contributed by atoms with Crippen LogP contribution in [0.4, 0.5) is 0 Å². The van der Waals surface area contributed by atoms with Gasteiger partial charge >= 0.3 is 0 Å². The van der Waals surface area contributed by atoms with Gasteiger partial charge in [0.25, 0.3) is 0 Å². The Balaban J connectivity index is 2.45. The zero-order valence-corrected chi connectivity index (χ0v) is 7.17. The molecule has 3 heteroatoms. The van der Waals surface area contributed by atoms with E-state index in [0.717, 1.165) is 6.54 Å². The average molecular weight is 157 g/mol. The molecule has 1 heterocycles. The first kappa shape index (κ1) is 8.68. The number of ketones is 1. The van der Waals surface area contributed by atoms with Crippen molar-refractivity contribution in [2.45, 2.75) is 19.9 Å². The molecule has 0 saturated carbocycles. The first-order valence-corrected chi connectivity index (χ1v) is 4.03. The lowest BCUT2D eigenvalue weighted by Crippen LogP contribution is -2.35. The maximum Gasteiger partial charge on any atom is 0.172 e. The van der Waals surface area contributed by atoms with Crippen molar-refractivity contribution in [3.05, 3.63) is 0 Å². The molecule has 0 amide bonds. The molecule has 1 saturated heterocycles. The van der Waals surface area contributed by atoms with Crippen molar-refractivity contribution in [1.82, 2.24) is 4.90 Å². The second-order valence-corrected chi connectivity index (χ2v) is 3.16. The monoisotopic (exact) mass is 157 g/mol. The summed E-state index contributed by atoms with van der Waals surface area (Å²) >= 11 is 0. The van der Waals surface area contributed by atoms with Crippen molar-refractivity contribution in [3.63, 3.8) is 0 Å². The van der Waals surface area contributed by atoms with Crippen molar-refractivity contribution in [2.24, 2.45) is 0 Å². The number of carbonyl (C=O) groups excluding carboxylic acids is 1. The van der Waals surface area contributed by atoms with Crippen molar-refractivity contribution >= 4 is 5.78 Å². The summed E-state index contributed by atoms with van der Waals surface area (Å²) in [5.74, 6) is 0.191. The van der Waals surface area contributed by atoms with Gasteiger partial charge in [-0.2, -0.15) is 0 Å². The minimum atomic E-state index is 0.191. The summed E-state index contributed by atoms with van der Waals surface area (Å²) in [4.78, 5) is 13.2. The van der Waals surface area contributed by atoms with E-state index in [0.29, 0.717) is 25.8 Å². The van der Waals surface area contributed by atoms with Gasteiger partial charge in [-0.3, -0.25) is 9.69 Å². The van der Waals surface area contributed by atoms with Crippen molar-refractivity contribution < 1.29 is 9.53 Å². The number of ether oxygens (including phenoxy) is 1. The van der Waals surface area contributed by atoms with Gasteiger partial charge in [0.1, 0.15) is 6.61 Å². The van der Waals surface area contributed by atoms with Gasteiger partial charge in [-0.05, 0) is 13.8 Å². The molecule has 0 N–H and O–H groups in total. The fourth-order valence-electron chi connectivity index (χ4n) is 1.16. The van der Waals surface area contributed by atoms with E-state index in [1.54, 1.807) is 0 Å². The number of rotatable bonds is 1. The molecular formula is C8H15NO2. The van der Waals surface area contributed by atoms with Gasteiger partial charge in [0.2, 0.25) is 0 Å². The van der Waals surface area contributed by atoms with Crippen LogP contribution in [0, 0.1) is 0 Å². The molecule has 0 aromatic carbocycles. The lowest BCUT2D eigenvalue weighted by Gasteiger charge is -2.22. The Labute approximate surface area is 67.3 Å². The first-order chi connectivity index (χ1) is 5.20. The number of carbonyl (C=O) groups is 1. The molecule has 1 fully saturated rings. The zero-order valence-electron chi connectivity index (χ0n) is 7.17. The Morgan fingerprint density at radius 1 is 1.55 bits per heavy atom. The van der Waals surface area contributed by atoms with Crippen LogP contribution >= 0.6 is 0 Å². The molecule has 1 aliphatic heterocycles. The van der Waals surface area contributed by atoms with E-state index in [9.17, 15) is 4.79 Å². The maximum atomic E-state index is 11.0. The molecule has 0 unspecified atom stereocenters. The molecule has 11 heavy (non-hydrogen) atoms. The molecule has 0 atom stereocenters. The summed E-state index contributed by atoms with van der Waals surface area (Å²) in [6.07, 6.45) is 0. The minimum absolute atomic E-state index is 0.191. The largest absolute Gasteiger partial charge is 0.372 e. The number of Topliss-reactive ketones (excluding diaryl/α,β-unsaturated/α-hetero) is 1. The molecule has 0 bridgehead atoms. The van der Waals surface area contributed by atoms with Gasteiger partial charge in [-0.15, -0.1) is 0 Å². The van der Waals surface area contributed by atoms with Crippen molar-refractivity contribution in [1.29, 1.82) is 0 Å². The van der Waals surface area contributed by atoms with E-state index in [-0.39, 0.29) is 5.78 Å². The van der Waals surface area contributed by atoms with Crippen LogP contribution < -0.4 is 0 Å². The summed E-state index contributed by atoms with van der Waals surface area (Å²) in [7, 11) is 0. The molecule has 0 spiro atoms. The number of hydrogen-bond acceptors (Lipinski definition) is 3. The van der Waals surface area contributed by atoms with E-state index in [4.69, 9.17) is 4.74 Å². The predicted molar refractivity (Wildman–Crippen MR) is 42.5 cm³/mol. The number of nitrogens with zero attached hydrogens (tertiary/aromatic N) is 1. The Bertz CT molecular complexity index is 145. The second-order valence-electron chi connectivity index (χ2n) is 3.16. The SMILES string of the molecule is CC(C)N1CCOCC(=O)C1.